The Hall–Kier alpha value is -1.29. The highest BCUT2D eigenvalue weighted by atomic mass is 35.5. The van der Waals surface area contributed by atoms with Crippen LogP contribution in [0.4, 0.5) is 0 Å². The standard InChI is InChI=1S/C16H12Cl5N5O2S/c17-11-2-1-9(5-22-11)7-24-3-4-25(8-10-6-23-16(21)29-10)15(24)13(26(27)28)12(18)14(19)20/h1-2,5-6H,3-4,7-8H2. The molecule has 0 atom stereocenters. The first-order chi connectivity index (χ1) is 13.8. The van der Waals surface area contributed by atoms with Crippen LogP contribution in [0.25, 0.3) is 0 Å². The molecule has 0 N–H and O–H groups in total. The van der Waals surface area contributed by atoms with Crippen molar-refractivity contribution in [1.82, 2.24) is 19.8 Å². The molecular formula is C16H12Cl5N5O2S. The van der Waals surface area contributed by atoms with Gasteiger partial charge >= 0.3 is 5.70 Å². The fraction of sp³-hybridized carbons (Fsp3) is 0.250. The topological polar surface area (TPSA) is 75.4 Å². The molecule has 2 aromatic rings. The van der Waals surface area contributed by atoms with Gasteiger partial charge in [-0.25, -0.2) is 9.97 Å². The van der Waals surface area contributed by atoms with E-state index in [1.54, 1.807) is 24.5 Å². The van der Waals surface area contributed by atoms with E-state index >= 15 is 0 Å². The molecule has 3 rings (SSSR count). The minimum Gasteiger partial charge on any atom is -0.346 e. The van der Waals surface area contributed by atoms with E-state index in [0.29, 0.717) is 41.6 Å². The predicted octanol–water partition coefficient (Wildman–Crippen LogP) is 5.49. The molecule has 0 amide bonds. The molecule has 1 aliphatic rings. The number of hydrogen-bond acceptors (Lipinski definition) is 7. The molecule has 0 aliphatic carbocycles. The molecule has 7 nitrogen and oxygen atoms in total. The molecular weight excluding hydrogens is 504 g/mol. The molecule has 13 heteroatoms. The lowest BCUT2D eigenvalue weighted by Crippen LogP contribution is -2.27. The molecule has 2 aromatic heterocycles. The van der Waals surface area contributed by atoms with E-state index in [-0.39, 0.29) is 15.2 Å². The van der Waals surface area contributed by atoms with E-state index in [1.165, 1.54) is 11.3 Å². The maximum absolute atomic E-state index is 11.9. The average Bonchev–Trinajstić information content (AvgIpc) is 3.24. The van der Waals surface area contributed by atoms with Crippen LogP contribution in [0, 0.1) is 10.1 Å². The summed E-state index contributed by atoms with van der Waals surface area (Å²) in [4.78, 5) is 23.9. The Kier molecular flexibility index (Phi) is 7.47. The molecule has 29 heavy (non-hydrogen) atoms. The maximum atomic E-state index is 11.9. The largest absolute Gasteiger partial charge is 0.346 e. The first-order valence-corrected chi connectivity index (χ1v) is 10.8. The van der Waals surface area contributed by atoms with Gasteiger partial charge in [0.25, 0.3) is 0 Å². The third-order valence-corrected chi connectivity index (χ3v) is 6.30. The molecule has 154 valence electrons. The highest BCUT2D eigenvalue weighted by Crippen LogP contribution is 2.34. The summed E-state index contributed by atoms with van der Waals surface area (Å²) in [6.07, 6.45) is 3.25. The normalized spacial score (nSPS) is 15.6. The Morgan fingerprint density at radius 3 is 2.31 bits per heavy atom. The summed E-state index contributed by atoms with van der Waals surface area (Å²) in [6, 6.07) is 3.46. The van der Waals surface area contributed by atoms with E-state index in [9.17, 15) is 10.1 Å². The van der Waals surface area contributed by atoms with E-state index < -0.39 is 4.92 Å². The number of hydrogen-bond donors (Lipinski definition) is 0. The van der Waals surface area contributed by atoms with Crippen LogP contribution in [0.15, 0.2) is 45.6 Å². The first-order valence-electron chi connectivity index (χ1n) is 8.06. The van der Waals surface area contributed by atoms with Crippen LogP contribution < -0.4 is 0 Å². The minimum absolute atomic E-state index is 0.304. The number of rotatable bonds is 6. The van der Waals surface area contributed by atoms with Crippen molar-refractivity contribution in [2.45, 2.75) is 13.1 Å². The maximum Gasteiger partial charge on any atom is 0.330 e. The number of aromatic nitrogens is 2. The highest BCUT2D eigenvalue weighted by molar-refractivity contribution is 7.15. The lowest BCUT2D eigenvalue weighted by Gasteiger charge is -2.24. The van der Waals surface area contributed by atoms with Gasteiger partial charge in [0.2, 0.25) is 0 Å². The lowest BCUT2D eigenvalue weighted by atomic mass is 10.2. The molecule has 1 saturated heterocycles. The van der Waals surface area contributed by atoms with Crippen molar-refractivity contribution in [1.29, 1.82) is 0 Å². The zero-order valence-corrected chi connectivity index (χ0v) is 19.1. The number of pyridine rings is 1. The van der Waals surface area contributed by atoms with Gasteiger partial charge in [-0.1, -0.05) is 64.1 Å². The van der Waals surface area contributed by atoms with Crippen molar-refractivity contribution >= 4 is 69.3 Å². The molecule has 0 aromatic carbocycles. The fourth-order valence-corrected chi connectivity index (χ4v) is 4.31. The van der Waals surface area contributed by atoms with Gasteiger partial charge in [0, 0.05) is 36.9 Å². The van der Waals surface area contributed by atoms with Crippen LogP contribution in [-0.2, 0) is 13.1 Å². The second-order valence-corrected chi connectivity index (χ2v) is 9.33. The Balaban J connectivity index is 2.03. The molecule has 0 spiro atoms. The van der Waals surface area contributed by atoms with Gasteiger partial charge in [0.05, 0.1) is 11.5 Å². The molecule has 0 radical (unpaired) electrons. The number of allylic oxidation sites excluding steroid dienone is 1. The first kappa shape index (κ1) is 22.4. The number of nitro groups is 1. The van der Waals surface area contributed by atoms with Crippen LogP contribution in [0.5, 0.6) is 0 Å². The summed E-state index contributed by atoms with van der Waals surface area (Å²) >= 11 is 30.7. The Morgan fingerprint density at radius 2 is 1.79 bits per heavy atom. The van der Waals surface area contributed by atoms with Crippen LogP contribution in [0.2, 0.25) is 9.62 Å². The summed E-state index contributed by atoms with van der Waals surface area (Å²) in [5.41, 5.74) is 0.455. The van der Waals surface area contributed by atoms with Crippen LogP contribution >= 0.6 is 69.3 Å². The monoisotopic (exact) mass is 513 g/mol. The quantitative estimate of drug-likeness (QED) is 0.288. The summed E-state index contributed by atoms with van der Waals surface area (Å²) in [5.74, 6) is 0.304. The molecule has 0 unspecified atom stereocenters. The Bertz CT molecular complexity index is 974. The third kappa shape index (κ3) is 5.45. The molecule has 0 saturated carbocycles. The SMILES string of the molecule is O=[N+]([O-])C(C(Cl)=C(Cl)Cl)=C1N(Cc2ccc(Cl)nc2)CCN1Cc1cnc(Cl)s1. The van der Waals surface area contributed by atoms with Crippen LogP contribution in [0.1, 0.15) is 10.4 Å². The van der Waals surface area contributed by atoms with Gasteiger partial charge in [-0.05, 0) is 11.6 Å². The zero-order chi connectivity index (χ0) is 21.1. The van der Waals surface area contributed by atoms with Crippen molar-refractivity contribution < 1.29 is 4.92 Å². The fourth-order valence-electron chi connectivity index (χ4n) is 2.88. The number of halogens is 5. The van der Waals surface area contributed by atoms with Gasteiger partial charge in [-0.15, -0.1) is 11.3 Å². The van der Waals surface area contributed by atoms with Crippen LogP contribution in [0.3, 0.4) is 0 Å². The van der Waals surface area contributed by atoms with Gasteiger partial charge in [0.1, 0.15) is 9.64 Å². The van der Waals surface area contributed by atoms with E-state index in [1.807, 2.05) is 9.80 Å². The van der Waals surface area contributed by atoms with Gasteiger partial charge < -0.3 is 9.80 Å². The van der Waals surface area contributed by atoms with Gasteiger partial charge in [0.15, 0.2) is 15.3 Å². The van der Waals surface area contributed by atoms with Crippen molar-refractivity contribution in [3.63, 3.8) is 0 Å². The number of thiazole rings is 1. The summed E-state index contributed by atoms with van der Waals surface area (Å²) in [7, 11) is 0. The third-order valence-electron chi connectivity index (χ3n) is 4.04. The zero-order valence-electron chi connectivity index (χ0n) is 14.5. The lowest BCUT2D eigenvalue weighted by molar-refractivity contribution is -0.423. The predicted molar refractivity (Wildman–Crippen MR) is 116 cm³/mol. The van der Waals surface area contributed by atoms with Crippen molar-refractivity contribution in [2.75, 3.05) is 13.1 Å². The summed E-state index contributed by atoms with van der Waals surface area (Å²) in [6.45, 7) is 1.77. The van der Waals surface area contributed by atoms with Crippen LogP contribution in [-0.4, -0.2) is 37.8 Å². The minimum atomic E-state index is -0.590. The van der Waals surface area contributed by atoms with Crippen molar-refractivity contribution in [3.05, 3.63) is 75.7 Å². The summed E-state index contributed by atoms with van der Waals surface area (Å²) < 4.78 is 0.0108. The Labute approximate surface area is 195 Å². The number of nitrogens with zero attached hydrogens (tertiary/aromatic N) is 5. The second kappa shape index (κ2) is 9.68. The van der Waals surface area contributed by atoms with E-state index in [2.05, 4.69) is 9.97 Å². The van der Waals surface area contributed by atoms with Gasteiger partial charge in [-0.2, -0.15) is 0 Å². The second-order valence-electron chi connectivity index (χ2n) is 5.92. The average molecular weight is 516 g/mol. The summed E-state index contributed by atoms with van der Waals surface area (Å²) in [5, 5.41) is 11.9. The van der Waals surface area contributed by atoms with Gasteiger partial charge in [-0.3, -0.25) is 10.1 Å². The van der Waals surface area contributed by atoms with Crippen molar-refractivity contribution in [2.24, 2.45) is 0 Å². The van der Waals surface area contributed by atoms with E-state index in [4.69, 9.17) is 58.0 Å². The van der Waals surface area contributed by atoms with Crippen molar-refractivity contribution in [3.8, 4) is 0 Å². The Morgan fingerprint density at radius 1 is 1.10 bits per heavy atom. The highest BCUT2D eigenvalue weighted by Gasteiger charge is 2.36. The molecule has 0 bridgehead atoms. The molecule has 1 aliphatic heterocycles. The smallest absolute Gasteiger partial charge is 0.330 e. The molecule has 1 fully saturated rings. The molecule has 3 heterocycles. The van der Waals surface area contributed by atoms with E-state index in [0.717, 1.165) is 10.4 Å².